The number of thioether (sulfide) groups is 1. The molecule has 31 heavy (non-hydrogen) atoms. The number of anilines is 1. The largest absolute Gasteiger partial charge is 0.341 e. The molecule has 9 heteroatoms. The quantitative estimate of drug-likeness (QED) is 0.514. The van der Waals surface area contributed by atoms with Crippen LogP contribution < -0.4 is 5.32 Å². The number of carbonyl (C=O) groups excluding carboxylic acids is 2. The van der Waals surface area contributed by atoms with Gasteiger partial charge in [-0.05, 0) is 49.2 Å². The van der Waals surface area contributed by atoms with E-state index in [1.807, 2.05) is 35.2 Å². The zero-order valence-corrected chi connectivity index (χ0v) is 19.1. The molecule has 1 fully saturated rings. The van der Waals surface area contributed by atoms with E-state index in [0.717, 1.165) is 29.3 Å². The highest BCUT2D eigenvalue weighted by atomic mass is 35.5. The summed E-state index contributed by atoms with van der Waals surface area (Å²) in [5.41, 5.74) is 0.650. The number of likely N-dealkylation sites (tertiary alicyclic amines) is 1. The minimum atomic E-state index is -0.297. The van der Waals surface area contributed by atoms with Gasteiger partial charge in [-0.25, -0.2) is 0 Å². The molecule has 2 heterocycles. The normalized spacial score (nSPS) is 16.2. The second kappa shape index (κ2) is 10.3. The first kappa shape index (κ1) is 21.8. The van der Waals surface area contributed by atoms with Gasteiger partial charge in [-0.1, -0.05) is 41.1 Å². The van der Waals surface area contributed by atoms with Crippen LogP contribution in [0.5, 0.6) is 0 Å². The van der Waals surface area contributed by atoms with Gasteiger partial charge in [-0.3, -0.25) is 9.59 Å². The third-order valence-electron chi connectivity index (χ3n) is 4.97. The maximum atomic E-state index is 12.7. The van der Waals surface area contributed by atoms with Crippen LogP contribution in [0.15, 0.2) is 59.5 Å². The topological polar surface area (TPSA) is 75.2 Å². The molecule has 1 aliphatic heterocycles. The zero-order chi connectivity index (χ0) is 21.6. The summed E-state index contributed by atoms with van der Waals surface area (Å²) in [6.07, 6.45) is 1.85. The molecule has 0 saturated carbocycles. The van der Waals surface area contributed by atoms with Crippen LogP contribution in [0.1, 0.15) is 33.6 Å². The fraction of sp³-hybridized carbons (Fsp3) is 0.273. The Bertz CT molecular complexity index is 1040. The molecule has 0 spiro atoms. The summed E-state index contributed by atoms with van der Waals surface area (Å²) < 4.78 is 0. The Labute approximate surface area is 194 Å². The summed E-state index contributed by atoms with van der Waals surface area (Å²) in [5.74, 6) is 0.355. The van der Waals surface area contributed by atoms with Crippen molar-refractivity contribution in [1.82, 2.24) is 15.1 Å². The number of rotatable bonds is 6. The Balaban J connectivity index is 1.34. The smallest absolute Gasteiger partial charge is 0.286 e. The Morgan fingerprint density at radius 3 is 2.68 bits per heavy atom. The van der Waals surface area contributed by atoms with Crippen LogP contribution in [0, 0.1) is 0 Å². The summed E-state index contributed by atoms with van der Waals surface area (Å²) >= 11 is 8.72. The predicted octanol–water partition coefficient (Wildman–Crippen LogP) is 4.94. The van der Waals surface area contributed by atoms with Crippen molar-refractivity contribution in [2.45, 2.75) is 23.7 Å². The third-order valence-corrected chi connectivity index (χ3v) is 7.30. The van der Waals surface area contributed by atoms with E-state index in [9.17, 15) is 9.59 Å². The number of nitrogens with zero attached hydrogens (tertiary/aromatic N) is 3. The van der Waals surface area contributed by atoms with Gasteiger partial charge in [0.05, 0.1) is 5.75 Å². The number of nitrogens with one attached hydrogen (secondary N) is 1. The van der Waals surface area contributed by atoms with Crippen molar-refractivity contribution >= 4 is 52.2 Å². The second-order valence-corrected chi connectivity index (χ2v) is 9.68. The lowest BCUT2D eigenvalue weighted by Gasteiger charge is -2.31. The molecule has 1 saturated heterocycles. The predicted molar refractivity (Wildman–Crippen MR) is 125 cm³/mol. The highest BCUT2D eigenvalue weighted by Gasteiger charge is 2.28. The van der Waals surface area contributed by atoms with Crippen molar-refractivity contribution in [3.63, 3.8) is 0 Å². The standard InChI is InChI=1S/C22H21ClN4O2S2/c23-16-8-10-17(11-9-16)24-20(29)22-26-25-21(31-22)15-5-4-12-27(13-15)19(28)14-30-18-6-2-1-3-7-18/h1-3,6-11,15H,4-5,12-14H2,(H,24,29). The van der Waals surface area contributed by atoms with Crippen LogP contribution in [0.2, 0.25) is 5.02 Å². The highest BCUT2D eigenvalue weighted by Crippen LogP contribution is 2.30. The number of piperidine rings is 1. The van der Waals surface area contributed by atoms with Crippen LogP contribution in [0.4, 0.5) is 5.69 Å². The molecule has 1 unspecified atom stereocenters. The Kier molecular flexibility index (Phi) is 7.21. The van der Waals surface area contributed by atoms with Crippen LogP contribution in [0.25, 0.3) is 0 Å². The van der Waals surface area contributed by atoms with E-state index >= 15 is 0 Å². The van der Waals surface area contributed by atoms with Gasteiger partial charge in [0.15, 0.2) is 0 Å². The number of aromatic nitrogens is 2. The Hall–Kier alpha value is -2.42. The van der Waals surface area contributed by atoms with Gasteiger partial charge in [-0.15, -0.1) is 22.0 Å². The molecular weight excluding hydrogens is 452 g/mol. The van der Waals surface area contributed by atoms with E-state index in [1.54, 1.807) is 36.0 Å². The van der Waals surface area contributed by atoms with Crippen molar-refractivity contribution in [2.24, 2.45) is 0 Å². The molecule has 1 aliphatic rings. The summed E-state index contributed by atoms with van der Waals surface area (Å²) in [6, 6.07) is 16.8. The van der Waals surface area contributed by atoms with E-state index in [4.69, 9.17) is 11.6 Å². The molecule has 1 N–H and O–H groups in total. The van der Waals surface area contributed by atoms with E-state index in [1.165, 1.54) is 11.3 Å². The van der Waals surface area contributed by atoms with Crippen molar-refractivity contribution < 1.29 is 9.59 Å². The van der Waals surface area contributed by atoms with Gasteiger partial charge in [-0.2, -0.15) is 0 Å². The minimum Gasteiger partial charge on any atom is -0.341 e. The van der Waals surface area contributed by atoms with E-state index in [-0.39, 0.29) is 17.7 Å². The molecule has 0 aliphatic carbocycles. The van der Waals surface area contributed by atoms with Crippen LogP contribution >= 0.6 is 34.7 Å². The molecule has 3 aromatic rings. The van der Waals surface area contributed by atoms with Crippen LogP contribution in [-0.4, -0.2) is 45.8 Å². The number of benzene rings is 2. The van der Waals surface area contributed by atoms with Crippen molar-refractivity contribution in [3.05, 3.63) is 69.6 Å². The molecule has 6 nitrogen and oxygen atoms in total. The second-order valence-electron chi connectivity index (χ2n) is 7.19. The fourth-order valence-corrected chi connectivity index (χ4v) is 5.18. The van der Waals surface area contributed by atoms with Gasteiger partial charge in [0, 0.05) is 34.6 Å². The molecule has 2 aromatic carbocycles. The average Bonchev–Trinajstić information content (AvgIpc) is 3.30. The summed E-state index contributed by atoms with van der Waals surface area (Å²) in [6.45, 7) is 1.37. The maximum Gasteiger partial charge on any atom is 0.286 e. The molecule has 0 bridgehead atoms. The van der Waals surface area contributed by atoms with Gasteiger partial charge >= 0.3 is 0 Å². The molecule has 160 valence electrons. The lowest BCUT2D eigenvalue weighted by molar-refractivity contribution is -0.129. The van der Waals surface area contributed by atoms with Crippen molar-refractivity contribution in [1.29, 1.82) is 0 Å². The van der Waals surface area contributed by atoms with Crippen molar-refractivity contribution in [2.75, 3.05) is 24.2 Å². The number of halogens is 1. The number of hydrogen-bond donors (Lipinski definition) is 1. The van der Waals surface area contributed by atoms with E-state index in [2.05, 4.69) is 15.5 Å². The van der Waals surface area contributed by atoms with Gasteiger partial charge in [0.25, 0.3) is 5.91 Å². The number of amides is 2. The minimum absolute atomic E-state index is 0.106. The van der Waals surface area contributed by atoms with Crippen LogP contribution in [-0.2, 0) is 4.79 Å². The summed E-state index contributed by atoms with van der Waals surface area (Å²) in [4.78, 5) is 28.2. The molecule has 1 atom stereocenters. The lowest BCUT2D eigenvalue weighted by Crippen LogP contribution is -2.40. The number of carbonyl (C=O) groups is 2. The van der Waals surface area contributed by atoms with E-state index in [0.29, 0.717) is 28.0 Å². The van der Waals surface area contributed by atoms with Crippen LogP contribution in [0.3, 0.4) is 0 Å². The summed E-state index contributed by atoms with van der Waals surface area (Å²) in [7, 11) is 0. The average molecular weight is 473 g/mol. The molecule has 4 rings (SSSR count). The van der Waals surface area contributed by atoms with Gasteiger partial charge in [0.1, 0.15) is 5.01 Å². The lowest BCUT2D eigenvalue weighted by atomic mass is 9.99. The molecule has 2 amide bonds. The van der Waals surface area contributed by atoms with Gasteiger partial charge in [0.2, 0.25) is 10.9 Å². The Morgan fingerprint density at radius 1 is 1.13 bits per heavy atom. The molecular formula is C22H21ClN4O2S2. The first-order chi connectivity index (χ1) is 15.1. The third kappa shape index (κ3) is 5.84. The Morgan fingerprint density at radius 2 is 1.90 bits per heavy atom. The molecule has 0 radical (unpaired) electrons. The first-order valence-electron chi connectivity index (χ1n) is 9.94. The SMILES string of the molecule is O=C(Nc1ccc(Cl)cc1)c1nnc(C2CCCN(C(=O)CSc3ccccc3)C2)s1. The first-order valence-corrected chi connectivity index (χ1v) is 12.1. The number of hydrogen-bond acceptors (Lipinski definition) is 6. The van der Waals surface area contributed by atoms with Gasteiger partial charge < -0.3 is 10.2 Å². The zero-order valence-electron chi connectivity index (χ0n) is 16.7. The molecule has 1 aromatic heterocycles. The highest BCUT2D eigenvalue weighted by molar-refractivity contribution is 8.00. The van der Waals surface area contributed by atoms with Crippen molar-refractivity contribution in [3.8, 4) is 0 Å². The summed E-state index contributed by atoms with van der Waals surface area (Å²) in [5, 5.41) is 12.8. The maximum absolute atomic E-state index is 12.7. The monoisotopic (exact) mass is 472 g/mol. The van der Waals surface area contributed by atoms with E-state index < -0.39 is 0 Å². The fourth-order valence-electron chi connectivity index (χ4n) is 3.37.